The fraction of sp³-hybridized carbons (Fsp3) is 1.00. The van der Waals surface area contributed by atoms with E-state index in [1.165, 1.54) is 0 Å². The first kappa shape index (κ1) is 30.2. The van der Waals surface area contributed by atoms with Gasteiger partial charge < -0.3 is 4.89 Å². The molecule has 0 bridgehead atoms. The molecule has 4 nitrogen and oxygen atoms in total. The highest BCUT2D eigenvalue weighted by Gasteiger charge is 2.95. The third-order valence-corrected chi connectivity index (χ3v) is 4.17. The number of rotatable bonds is 9. The molecular formula is C8HClF17O4P. The normalized spacial score (nSPS) is 18.2. The SMILES string of the molecule is O=P(O)(OCl)OC(F)(F)C(F)(F)C(F)(F)C(F)(F)C(F)(F)C(F)(F)C(F)(F)C(F)(F)F. The summed E-state index contributed by atoms with van der Waals surface area (Å²) in [6.07, 6.45) is -15.4. The molecule has 188 valence electrons. The zero-order valence-electron chi connectivity index (χ0n) is 12.9. The lowest BCUT2D eigenvalue weighted by atomic mass is 9.91. The Balaban J connectivity index is 6.73. The molecule has 0 aromatic heterocycles. The molecule has 1 N–H and O–H groups in total. The predicted molar refractivity (Wildman–Crippen MR) is 58.5 cm³/mol. The molecule has 0 spiro atoms. The van der Waals surface area contributed by atoms with Gasteiger partial charge in [-0.25, -0.2) is 9.09 Å². The van der Waals surface area contributed by atoms with E-state index in [-0.39, 0.29) is 0 Å². The minimum atomic E-state index is -8.84. The Labute approximate surface area is 161 Å². The van der Waals surface area contributed by atoms with Gasteiger partial charge in [0.25, 0.3) is 0 Å². The fourth-order valence-electron chi connectivity index (χ4n) is 1.37. The standard InChI is InChI=1S/C8HClF17O4P/c9-30-31(27,28)29-8(25,26)6(20,21)4(16,17)2(12,13)1(10,11)3(14,15)5(18,19)7(22,23)24/h(H,27,28). The second-order valence-electron chi connectivity index (χ2n) is 5.09. The van der Waals surface area contributed by atoms with Gasteiger partial charge in [-0.1, -0.05) is 0 Å². The van der Waals surface area contributed by atoms with E-state index in [1.54, 1.807) is 0 Å². The van der Waals surface area contributed by atoms with Gasteiger partial charge in [-0.05, 0) is 0 Å². The number of phosphoric acid groups is 1. The topological polar surface area (TPSA) is 55.8 Å². The van der Waals surface area contributed by atoms with Gasteiger partial charge in [-0.3, -0.25) is 0 Å². The van der Waals surface area contributed by atoms with Crippen LogP contribution in [0, 0.1) is 0 Å². The van der Waals surface area contributed by atoms with Crippen molar-refractivity contribution in [2.75, 3.05) is 0 Å². The van der Waals surface area contributed by atoms with Crippen LogP contribution in [0.1, 0.15) is 0 Å². The Morgan fingerprint density at radius 3 is 1.06 bits per heavy atom. The van der Waals surface area contributed by atoms with Crippen LogP contribution in [0.5, 0.6) is 0 Å². The molecule has 0 radical (unpaired) electrons. The van der Waals surface area contributed by atoms with Crippen molar-refractivity contribution < 1.29 is 92.7 Å². The van der Waals surface area contributed by atoms with Crippen LogP contribution in [0.25, 0.3) is 0 Å². The molecule has 0 heterocycles. The summed E-state index contributed by atoms with van der Waals surface area (Å²) in [5.41, 5.74) is 0. The van der Waals surface area contributed by atoms with Gasteiger partial charge in [0.05, 0.1) is 11.9 Å². The summed E-state index contributed by atoms with van der Waals surface area (Å²) in [5.74, 6) is -51.6. The largest absolute Gasteiger partial charge is 0.493 e. The Morgan fingerprint density at radius 2 is 0.806 bits per heavy atom. The van der Waals surface area contributed by atoms with E-state index in [1.807, 2.05) is 4.52 Å². The van der Waals surface area contributed by atoms with Crippen molar-refractivity contribution in [1.82, 2.24) is 0 Å². The summed E-state index contributed by atoms with van der Waals surface area (Å²) in [6, 6.07) is 0. The Kier molecular flexibility index (Phi) is 7.43. The summed E-state index contributed by atoms with van der Waals surface area (Å²) in [5, 5.41) is 0. The average Bonchev–Trinajstić information content (AvgIpc) is 2.51. The molecule has 0 rings (SSSR count). The van der Waals surface area contributed by atoms with Crippen molar-refractivity contribution in [2.24, 2.45) is 0 Å². The van der Waals surface area contributed by atoms with Crippen LogP contribution in [0.2, 0.25) is 0 Å². The molecular weight excluding hydrogens is 549 g/mol. The first-order valence-electron chi connectivity index (χ1n) is 6.07. The summed E-state index contributed by atoms with van der Waals surface area (Å²) in [4.78, 5) is 8.22. The zero-order chi connectivity index (χ0) is 25.9. The lowest BCUT2D eigenvalue weighted by molar-refractivity contribution is -0.472. The van der Waals surface area contributed by atoms with Crippen molar-refractivity contribution in [2.45, 2.75) is 47.8 Å². The lowest BCUT2D eigenvalue weighted by Gasteiger charge is -2.42. The molecule has 0 aliphatic carbocycles. The van der Waals surface area contributed by atoms with Crippen LogP contribution in [0.4, 0.5) is 74.6 Å². The lowest BCUT2D eigenvalue weighted by Crippen LogP contribution is -2.74. The zero-order valence-corrected chi connectivity index (χ0v) is 14.6. The molecule has 0 aromatic carbocycles. The minimum Gasteiger partial charge on any atom is -0.301 e. The van der Waals surface area contributed by atoms with E-state index in [0.717, 1.165) is 0 Å². The molecule has 1 unspecified atom stereocenters. The summed E-state index contributed by atoms with van der Waals surface area (Å²) >= 11 is 3.92. The van der Waals surface area contributed by atoms with E-state index in [0.29, 0.717) is 0 Å². The van der Waals surface area contributed by atoms with Crippen LogP contribution < -0.4 is 0 Å². The van der Waals surface area contributed by atoms with E-state index < -0.39 is 55.6 Å². The predicted octanol–water partition coefficient (Wildman–Crippen LogP) is 6.24. The van der Waals surface area contributed by atoms with Gasteiger partial charge >= 0.3 is 55.6 Å². The highest BCUT2D eigenvalue weighted by Crippen LogP contribution is 2.65. The van der Waals surface area contributed by atoms with Gasteiger partial charge in [0, 0.05) is 0 Å². The Morgan fingerprint density at radius 1 is 0.548 bits per heavy atom. The highest BCUT2D eigenvalue weighted by molar-refractivity contribution is 7.48. The molecule has 0 amide bonds. The second-order valence-corrected chi connectivity index (χ2v) is 6.76. The van der Waals surface area contributed by atoms with Gasteiger partial charge in [-0.15, -0.1) is 0 Å². The van der Waals surface area contributed by atoms with Crippen LogP contribution in [0.15, 0.2) is 0 Å². The maximum absolute atomic E-state index is 13.2. The number of halogens is 18. The van der Waals surface area contributed by atoms with Crippen molar-refractivity contribution >= 4 is 19.7 Å². The van der Waals surface area contributed by atoms with Crippen molar-refractivity contribution in [3.8, 4) is 0 Å². The van der Waals surface area contributed by atoms with Crippen LogP contribution in [0.3, 0.4) is 0 Å². The fourth-order valence-corrected chi connectivity index (χ4v) is 1.88. The Bertz CT molecular complexity index is 717. The summed E-state index contributed by atoms with van der Waals surface area (Å²) in [7, 11) is -6.78. The number of alkyl halides is 17. The average molecular weight is 550 g/mol. The van der Waals surface area contributed by atoms with Crippen LogP contribution in [-0.2, 0) is 13.2 Å². The molecule has 31 heavy (non-hydrogen) atoms. The third kappa shape index (κ3) is 4.26. The van der Waals surface area contributed by atoms with Crippen molar-refractivity contribution in [1.29, 1.82) is 0 Å². The van der Waals surface area contributed by atoms with Crippen molar-refractivity contribution in [3.05, 3.63) is 0 Å². The highest BCUT2D eigenvalue weighted by atomic mass is 35.5. The quantitative estimate of drug-likeness (QED) is 0.273. The third-order valence-electron chi connectivity index (χ3n) is 3.01. The van der Waals surface area contributed by atoms with E-state index in [9.17, 15) is 79.2 Å². The van der Waals surface area contributed by atoms with E-state index in [4.69, 9.17) is 4.89 Å². The second kappa shape index (κ2) is 7.63. The smallest absolute Gasteiger partial charge is 0.301 e. The summed E-state index contributed by atoms with van der Waals surface area (Å²) in [6.45, 7) is 0. The molecule has 0 aliphatic heterocycles. The van der Waals surface area contributed by atoms with E-state index >= 15 is 0 Å². The van der Waals surface area contributed by atoms with Gasteiger partial charge in [0.2, 0.25) is 0 Å². The Hall–Kier alpha value is -0.790. The number of phosphoric ester groups is 1. The van der Waals surface area contributed by atoms with E-state index in [2.05, 4.69) is 15.9 Å². The number of hydrogen-bond acceptors (Lipinski definition) is 3. The van der Waals surface area contributed by atoms with Crippen LogP contribution in [-0.4, -0.2) is 52.7 Å². The first-order valence-corrected chi connectivity index (χ1v) is 7.87. The molecule has 0 aromatic rings. The molecule has 1 atom stereocenters. The molecule has 0 saturated carbocycles. The summed E-state index contributed by atoms with van der Waals surface area (Å²) < 4.78 is 233. The van der Waals surface area contributed by atoms with Crippen molar-refractivity contribution in [3.63, 3.8) is 0 Å². The van der Waals surface area contributed by atoms with Gasteiger partial charge in [0.1, 0.15) is 0 Å². The minimum absolute atomic E-state index is 1.94. The molecule has 23 heteroatoms. The monoisotopic (exact) mass is 550 g/mol. The first-order chi connectivity index (χ1) is 13.0. The molecule has 0 fully saturated rings. The molecule has 0 saturated heterocycles. The van der Waals surface area contributed by atoms with Gasteiger partial charge in [-0.2, -0.15) is 78.7 Å². The maximum atomic E-state index is 13.2. The maximum Gasteiger partial charge on any atom is 0.493 e. The molecule has 0 aliphatic rings. The van der Waals surface area contributed by atoms with Gasteiger partial charge in [0.15, 0.2) is 0 Å². The number of hydrogen-bond donors (Lipinski definition) is 1. The van der Waals surface area contributed by atoms with Crippen LogP contribution >= 0.6 is 19.7 Å².